The Morgan fingerprint density at radius 1 is 0.975 bits per heavy atom. The second-order valence-electron chi connectivity index (χ2n) is 10.5. The first-order chi connectivity index (χ1) is 19.1. The molecule has 0 bridgehead atoms. The Bertz CT molecular complexity index is 1280. The van der Waals surface area contributed by atoms with Gasteiger partial charge in [0.15, 0.2) is 0 Å². The van der Waals surface area contributed by atoms with Crippen LogP contribution in [0.5, 0.6) is 5.75 Å². The van der Waals surface area contributed by atoms with E-state index in [0.29, 0.717) is 23.3 Å². The number of amides is 2. The van der Waals surface area contributed by atoms with Crippen molar-refractivity contribution in [1.29, 1.82) is 0 Å². The average molecular weight is 559 g/mol. The molecule has 3 rings (SSSR count). The van der Waals surface area contributed by atoms with Gasteiger partial charge in [-0.1, -0.05) is 99.6 Å². The summed E-state index contributed by atoms with van der Waals surface area (Å²) in [4.78, 5) is 38.1. The molecule has 2 amide bonds. The smallest absolute Gasteiger partial charge is 0.287 e. The molecule has 40 heavy (non-hydrogen) atoms. The van der Waals surface area contributed by atoms with Crippen LogP contribution in [0.3, 0.4) is 0 Å². The van der Waals surface area contributed by atoms with Crippen LogP contribution in [0.15, 0.2) is 91.5 Å². The van der Waals surface area contributed by atoms with E-state index in [9.17, 15) is 14.4 Å². The molecule has 0 saturated carbocycles. The summed E-state index contributed by atoms with van der Waals surface area (Å²) in [5.74, 6) is -0.577. The van der Waals surface area contributed by atoms with Crippen molar-refractivity contribution >= 4 is 42.5 Å². The molecular weight excluding hydrogens is 520 g/mol. The molecule has 0 saturated heterocycles. The van der Waals surface area contributed by atoms with E-state index < -0.39 is 20.3 Å². The van der Waals surface area contributed by atoms with Crippen molar-refractivity contribution in [2.45, 2.75) is 38.8 Å². The molecular formula is C32H38N2O5Si. The molecule has 3 aromatic rings. The molecule has 8 heteroatoms. The van der Waals surface area contributed by atoms with Gasteiger partial charge in [0.1, 0.15) is 5.75 Å². The topological polar surface area (TPSA) is 84.9 Å². The Labute approximate surface area is 237 Å². The number of nitrogens with zero attached hydrogens (tertiary/aromatic N) is 1. The van der Waals surface area contributed by atoms with Gasteiger partial charge in [-0.2, -0.15) is 0 Å². The first-order valence-corrected chi connectivity index (χ1v) is 15.1. The minimum atomic E-state index is -2.99. The van der Waals surface area contributed by atoms with Gasteiger partial charge in [-0.15, -0.1) is 6.58 Å². The number of benzene rings is 3. The maximum atomic E-state index is 13.0. The molecule has 0 spiro atoms. The van der Waals surface area contributed by atoms with Crippen LogP contribution >= 0.6 is 0 Å². The van der Waals surface area contributed by atoms with Crippen LogP contribution in [0.25, 0.3) is 0 Å². The summed E-state index contributed by atoms with van der Waals surface area (Å²) in [6, 6.07) is 24.9. The summed E-state index contributed by atoms with van der Waals surface area (Å²) < 4.78 is 12.9. The normalized spacial score (nSPS) is 12.2. The average Bonchev–Trinajstić information content (AvgIpc) is 2.94. The fraction of sp³-hybridized carbons (Fsp3) is 0.281. The van der Waals surface area contributed by atoms with Crippen LogP contribution in [-0.2, 0) is 18.8 Å². The van der Waals surface area contributed by atoms with Crippen molar-refractivity contribution in [3.8, 4) is 5.75 Å². The Kier molecular flexibility index (Phi) is 10.2. The van der Waals surface area contributed by atoms with E-state index in [0.717, 1.165) is 10.4 Å². The van der Waals surface area contributed by atoms with E-state index in [4.69, 9.17) is 9.16 Å². The number of ether oxygens (including phenoxy) is 1. The van der Waals surface area contributed by atoms with E-state index in [2.05, 4.69) is 56.9 Å². The SMILES string of the molecule is C=CCN(C(=O)C=O)[C@@H](CO[Si](c1ccccc1)(c1ccccc1)C(C)(C)C)c1cccc(NC(C)=O)c1OC. The Balaban J connectivity index is 2.25. The molecule has 0 aromatic heterocycles. The van der Waals surface area contributed by atoms with Crippen LogP contribution in [0.4, 0.5) is 5.69 Å². The summed E-state index contributed by atoms with van der Waals surface area (Å²) in [6.45, 7) is 11.9. The standard InChI is InChI=1S/C32H38N2O5Si/c1-7-21-34(30(37)22-35)29(27-19-14-20-28(31(27)38-6)33-24(2)36)23-39-40(32(3,4)5,25-15-10-8-11-16-25)26-17-12-9-13-18-26/h7-20,22,29H,1,21,23H2,2-6H3,(H,33,36)/t29-/m0/s1. The van der Waals surface area contributed by atoms with E-state index >= 15 is 0 Å². The van der Waals surface area contributed by atoms with Gasteiger partial charge in [0.2, 0.25) is 12.2 Å². The number of anilines is 1. The number of carbonyl (C=O) groups is 3. The highest BCUT2D eigenvalue weighted by Gasteiger charge is 2.50. The van der Waals surface area contributed by atoms with E-state index in [1.165, 1.54) is 18.9 Å². The molecule has 210 valence electrons. The zero-order valence-corrected chi connectivity index (χ0v) is 24.8. The van der Waals surface area contributed by atoms with Gasteiger partial charge in [-0.25, -0.2) is 0 Å². The van der Waals surface area contributed by atoms with Crippen LogP contribution < -0.4 is 20.4 Å². The maximum absolute atomic E-state index is 13.0. The van der Waals surface area contributed by atoms with E-state index in [1.807, 2.05) is 42.5 Å². The summed E-state index contributed by atoms with van der Waals surface area (Å²) >= 11 is 0. The van der Waals surface area contributed by atoms with Gasteiger partial charge in [0.25, 0.3) is 14.2 Å². The van der Waals surface area contributed by atoms with Crippen LogP contribution in [0.2, 0.25) is 5.04 Å². The van der Waals surface area contributed by atoms with Gasteiger partial charge in [0.05, 0.1) is 25.4 Å². The minimum absolute atomic E-state index is 0.0700. The Hall–Kier alpha value is -4.01. The molecule has 0 aliphatic rings. The highest BCUT2D eigenvalue weighted by Crippen LogP contribution is 2.40. The number of para-hydroxylation sites is 1. The number of rotatable bonds is 12. The fourth-order valence-electron chi connectivity index (χ4n) is 5.22. The van der Waals surface area contributed by atoms with Gasteiger partial charge in [-0.05, 0) is 21.5 Å². The van der Waals surface area contributed by atoms with E-state index in [-0.39, 0.29) is 24.1 Å². The zero-order chi connectivity index (χ0) is 29.3. The van der Waals surface area contributed by atoms with Gasteiger partial charge < -0.3 is 19.4 Å². The van der Waals surface area contributed by atoms with Crippen molar-refractivity contribution in [1.82, 2.24) is 4.90 Å². The summed E-state index contributed by atoms with van der Waals surface area (Å²) in [5.41, 5.74) is 1.06. The predicted octanol–water partition coefficient (Wildman–Crippen LogP) is 4.48. The molecule has 1 N–H and O–H groups in total. The third-order valence-corrected chi connectivity index (χ3v) is 11.9. The largest absolute Gasteiger partial charge is 0.494 e. The van der Waals surface area contributed by atoms with Crippen LogP contribution in [0.1, 0.15) is 39.3 Å². The lowest BCUT2D eigenvalue weighted by Crippen LogP contribution is -2.67. The molecule has 3 aromatic carbocycles. The monoisotopic (exact) mass is 558 g/mol. The summed E-state index contributed by atoms with van der Waals surface area (Å²) in [7, 11) is -1.49. The van der Waals surface area contributed by atoms with Crippen molar-refractivity contribution in [3.63, 3.8) is 0 Å². The molecule has 0 radical (unpaired) electrons. The molecule has 0 aliphatic carbocycles. The van der Waals surface area contributed by atoms with Gasteiger partial charge in [0, 0.05) is 19.0 Å². The number of methoxy groups -OCH3 is 1. The highest BCUT2D eigenvalue weighted by molar-refractivity contribution is 6.99. The lowest BCUT2D eigenvalue weighted by Gasteiger charge is -2.44. The lowest BCUT2D eigenvalue weighted by molar-refractivity contribution is -0.140. The highest BCUT2D eigenvalue weighted by atomic mass is 28.4. The Morgan fingerprint density at radius 3 is 2.00 bits per heavy atom. The molecule has 0 heterocycles. The van der Waals surface area contributed by atoms with E-state index in [1.54, 1.807) is 18.2 Å². The molecule has 7 nitrogen and oxygen atoms in total. The number of hydrogen-bond acceptors (Lipinski definition) is 5. The first kappa shape index (κ1) is 30.5. The van der Waals surface area contributed by atoms with Gasteiger partial charge in [-0.3, -0.25) is 14.4 Å². The number of aldehydes is 1. The van der Waals surface area contributed by atoms with Gasteiger partial charge >= 0.3 is 0 Å². The second-order valence-corrected chi connectivity index (χ2v) is 14.8. The first-order valence-electron chi connectivity index (χ1n) is 13.2. The lowest BCUT2D eigenvalue weighted by atomic mass is 10.0. The van der Waals surface area contributed by atoms with Crippen molar-refractivity contribution in [3.05, 3.63) is 97.1 Å². The number of carbonyl (C=O) groups excluding carboxylic acids is 3. The van der Waals surface area contributed by atoms with Crippen molar-refractivity contribution < 1.29 is 23.5 Å². The second kappa shape index (κ2) is 13.4. The summed E-state index contributed by atoms with van der Waals surface area (Å²) in [5, 5.41) is 4.66. The molecule has 1 atom stereocenters. The predicted molar refractivity (Wildman–Crippen MR) is 162 cm³/mol. The maximum Gasteiger partial charge on any atom is 0.287 e. The fourth-order valence-corrected chi connectivity index (χ4v) is 9.79. The summed E-state index contributed by atoms with van der Waals surface area (Å²) in [6.07, 6.45) is 1.87. The molecule has 0 fully saturated rings. The third-order valence-electron chi connectivity index (χ3n) is 6.88. The Morgan fingerprint density at radius 2 is 1.55 bits per heavy atom. The van der Waals surface area contributed by atoms with Crippen molar-refractivity contribution in [2.24, 2.45) is 0 Å². The van der Waals surface area contributed by atoms with Crippen LogP contribution in [-0.4, -0.2) is 51.6 Å². The van der Waals surface area contributed by atoms with Crippen LogP contribution in [0, 0.1) is 0 Å². The number of hydrogen-bond donors (Lipinski definition) is 1. The quantitative estimate of drug-likeness (QED) is 0.153. The number of nitrogens with one attached hydrogen (secondary N) is 1. The third kappa shape index (κ3) is 6.40. The molecule has 0 aliphatic heterocycles. The molecule has 0 unspecified atom stereocenters. The zero-order valence-electron chi connectivity index (χ0n) is 23.8. The minimum Gasteiger partial charge on any atom is -0.494 e. The van der Waals surface area contributed by atoms with Crippen molar-refractivity contribution in [2.75, 3.05) is 25.6 Å².